The SMILES string of the molecule is Cc1cc(C)nc(Sc2ccc(NC(=O)c3cc(-c4cccs4)on3)cc2)n1. The lowest BCUT2D eigenvalue weighted by atomic mass is 10.3. The van der Waals surface area contributed by atoms with Crippen LogP contribution in [0.5, 0.6) is 0 Å². The van der Waals surface area contributed by atoms with Crippen LogP contribution in [0.2, 0.25) is 0 Å². The largest absolute Gasteiger partial charge is 0.355 e. The first-order chi connectivity index (χ1) is 13.6. The Kier molecular flexibility index (Phi) is 5.23. The molecule has 8 heteroatoms. The van der Waals surface area contributed by atoms with Gasteiger partial charge in [-0.15, -0.1) is 11.3 Å². The van der Waals surface area contributed by atoms with Crippen molar-refractivity contribution in [2.75, 3.05) is 5.32 Å². The van der Waals surface area contributed by atoms with Gasteiger partial charge in [0.1, 0.15) is 0 Å². The standard InChI is InChI=1S/C20H16N4O2S2/c1-12-10-13(2)22-20(21-12)28-15-7-5-14(6-8-15)23-19(25)16-11-17(26-24-16)18-4-3-9-27-18/h3-11H,1-2H3,(H,23,25). The van der Waals surface area contributed by atoms with Gasteiger partial charge >= 0.3 is 0 Å². The Morgan fingerprint density at radius 1 is 1.07 bits per heavy atom. The van der Waals surface area contributed by atoms with Crippen molar-refractivity contribution in [2.45, 2.75) is 23.9 Å². The van der Waals surface area contributed by atoms with Crippen LogP contribution < -0.4 is 5.32 Å². The molecule has 0 aliphatic heterocycles. The lowest BCUT2D eigenvalue weighted by Crippen LogP contribution is -2.11. The highest BCUT2D eigenvalue weighted by molar-refractivity contribution is 7.99. The van der Waals surface area contributed by atoms with Crippen molar-refractivity contribution in [1.29, 1.82) is 0 Å². The topological polar surface area (TPSA) is 80.9 Å². The predicted octanol–water partition coefficient (Wildman–Crippen LogP) is 5.21. The Hall–Kier alpha value is -2.97. The summed E-state index contributed by atoms with van der Waals surface area (Å²) >= 11 is 3.01. The molecular formula is C20H16N4O2S2. The average molecular weight is 409 g/mol. The first-order valence-electron chi connectivity index (χ1n) is 8.49. The summed E-state index contributed by atoms with van der Waals surface area (Å²) in [5.41, 5.74) is 2.80. The van der Waals surface area contributed by atoms with Crippen molar-refractivity contribution in [3.63, 3.8) is 0 Å². The third kappa shape index (κ3) is 4.29. The number of hydrogen-bond acceptors (Lipinski definition) is 7. The fourth-order valence-corrected chi connectivity index (χ4v) is 4.10. The maximum absolute atomic E-state index is 12.4. The van der Waals surface area contributed by atoms with E-state index in [4.69, 9.17) is 4.52 Å². The number of nitrogens with zero attached hydrogens (tertiary/aromatic N) is 3. The second kappa shape index (κ2) is 7.95. The van der Waals surface area contributed by atoms with Crippen molar-refractivity contribution in [3.8, 4) is 10.6 Å². The van der Waals surface area contributed by atoms with Crippen molar-refractivity contribution in [1.82, 2.24) is 15.1 Å². The molecule has 6 nitrogen and oxygen atoms in total. The number of carbonyl (C=O) groups is 1. The van der Waals surface area contributed by atoms with Gasteiger partial charge in [-0.1, -0.05) is 11.2 Å². The van der Waals surface area contributed by atoms with Gasteiger partial charge in [-0.05, 0) is 67.4 Å². The Bertz CT molecular complexity index is 1090. The van der Waals surface area contributed by atoms with E-state index in [2.05, 4.69) is 20.4 Å². The van der Waals surface area contributed by atoms with E-state index in [9.17, 15) is 4.79 Å². The molecule has 0 bridgehead atoms. The molecule has 0 saturated heterocycles. The number of hydrogen-bond donors (Lipinski definition) is 1. The highest BCUT2D eigenvalue weighted by Crippen LogP contribution is 2.27. The summed E-state index contributed by atoms with van der Waals surface area (Å²) in [5.74, 6) is 0.268. The predicted molar refractivity (Wildman–Crippen MR) is 110 cm³/mol. The molecule has 0 atom stereocenters. The average Bonchev–Trinajstić information content (AvgIpc) is 3.34. The van der Waals surface area contributed by atoms with Crippen molar-refractivity contribution < 1.29 is 9.32 Å². The molecule has 1 aromatic carbocycles. The third-order valence-electron chi connectivity index (χ3n) is 3.79. The highest BCUT2D eigenvalue weighted by atomic mass is 32.2. The second-order valence-corrected chi connectivity index (χ2v) is 8.06. The van der Waals surface area contributed by atoms with Crippen molar-refractivity contribution in [2.24, 2.45) is 0 Å². The van der Waals surface area contributed by atoms with Gasteiger partial charge in [-0.3, -0.25) is 4.79 Å². The fourth-order valence-electron chi connectivity index (χ4n) is 2.56. The van der Waals surface area contributed by atoms with E-state index in [-0.39, 0.29) is 11.6 Å². The minimum absolute atomic E-state index is 0.241. The molecule has 0 aliphatic carbocycles. The molecule has 1 N–H and O–H groups in total. The molecule has 140 valence electrons. The number of thiophene rings is 1. The normalized spacial score (nSPS) is 10.8. The molecule has 0 radical (unpaired) electrons. The molecule has 0 fully saturated rings. The molecule has 28 heavy (non-hydrogen) atoms. The summed E-state index contributed by atoms with van der Waals surface area (Å²) in [7, 11) is 0. The number of benzene rings is 1. The number of anilines is 1. The summed E-state index contributed by atoms with van der Waals surface area (Å²) in [4.78, 5) is 23.2. The van der Waals surface area contributed by atoms with Gasteiger partial charge in [0.25, 0.3) is 5.91 Å². The minimum Gasteiger partial charge on any atom is -0.355 e. The summed E-state index contributed by atoms with van der Waals surface area (Å²) in [6.45, 7) is 3.90. The monoisotopic (exact) mass is 408 g/mol. The summed E-state index contributed by atoms with van der Waals surface area (Å²) in [5, 5.41) is 9.34. The lowest BCUT2D eigenvalue weighted by molar-refractivity contribution is 0.101. The zero-order chi connectivity index (χ0) is 19.5. The molecule has 0 saturated carbocycles. The summed E-state index contributed by atoms with van der Waals surface area (Å²) in [6, 6.07) is 14.9. The molecule has 3 heterocycles. The molecule has 0 unspecified atom stereocenters. The maximum Gasteiger partial charge on any atom is 0.277 e. The first-order valence-corrected chi connectivity index (χ1v) is 10.2. The van der Waals surface area contributed by atoms with Crippen LogP contribution in [-0.4, -0.2) is 21.0 Å². The van der Waals surface area contributed by atoms with E-state index < -0.39 is 0 Å². The van der Waals surface area contributed by atoms with E-state index in [1.165, 1.54) is 23.1 Å². The van der Waals surface area contributed by atoms with Crippen molar-refractivity contribution in [3.05, 3.63) is 71.0 Å². The van der Waals surface area contributed by atoms with Crippen LogP contribution in [0.15, 0.2) is 68.5 Å². The van der Waals surface area contributed by atoms with E-state index in [0.29, 0.717) is 16.6 Å². The quantitative estimate of drug-likeness (QED) is 0.456. The number of aromatic nitrogens is 3. The number of aryl methyl sites for hydroxylation is 2. The Labute approximate surface area is 170 Å². The summed E-state index contributed by atoms with van der Waals surface area (Å²) in [6.07, 6.45) is 0. The van der Waals surface area contributed by atoms with E-state index in [0.717, 1.165) is 21.2 Å². The molecular weight excluding hydrogens is 392 g/mol. The molecule has 3 aromatic heterocycles. The lowest BCUT2D eigenvalue weighted by Gasteiger charge is -2.05. The van der Waals surface area contributed by atoms with Gasteiger partial charge in [-0.2, -0.15) is 0 Å². The van der Waals surface area contributed by atoms with Gasteiger partial charge in [0.2, 0.25) is 0 Å². The molecule has 0 aliphatic rings. The smallest absolute Gasteiger partial charge is 0.277 e. The van der Waals surface area contributed by atoms with Crippen LogP contribution in [0.1, 0.15) is 21.9 Å². The van der Waals surface area contributed by atoms with Crippen LogP contribution in [-0.2, 0) is 0 Å². The molecule has 1 amide bonds. The molecule has 0 spiro atoms. The maximum atomic E-state index is 12.4. The van der Waals surface area contributed by atoms with Crippen LogP contribution in [0.25, 0.3) is 10.6 Å². The number of amides is 1. The zero-order valence-electron chi connectivity index (χ0n) is 15.2. The van der Waals surface area contributed by atoms with Crippen LogP contribution >= 0.6 is 23.1 Å². The van der Waals surface area contributed by atoms with E-state index in [1.807, 2.05) is 61.7 Å². The van der Waals surface area contributed by atoms with Gasteiger partial charge in [0.05, 0.1) is 4.88 Å². The van der Waals surface area contributed by atoms with Gasteiger partial charge < -0.3 is 9.84 Å². The minimum atomic E-state index is -0.315. The van der Waals surface area contributed by atoms with E-state index in [1.54, 1.807) is 6.07 Å². The van der Waals surface area contributed by atoms with Gasteiger partial charge in [-0.25, -0.2) is 9.97 Å². The number of carbonyl (C=O) groups excluding carboxylic acids is 1. The second-order valence-electron chi connectivity index (χ2n) is 6.07. The van der Waals surface area contributed by atoms with Crippen LogP contribution in [0, 0.1) is 13.8 Å². The Balaban J connectivity index is 1.42. The van der Waals surface area contributed by atoms with Gasteiger partial charge in [0, 0.05) is 28.0 Å². The first kappa shape index (κ1) is 18.4. The summed E-state index contributed by atoms with van der Waals surface area (Å²) < 4.78 is 5.25. The Morgan fingerprint density at radius 3 is 2.50 bits per heavy atom. The van der Waals surface area contributed by atoms with Crippen LogP contribution in [0.4, 0.5) is 5.69 Å². The van der Waals surface area contributed by atoms with E-state index >= 15 is 0 Å². The number of nitrogens with one attached hydrogen (secondary N) is 1. The molecule has 4 aromatic rings. The van der Waals surface area contributed by atoms with Crippen LogP contribution in [0.3, 0.4) is 0 Å². The van der Waals surface area contributed by atoms with Gasteiger partial charge in [0.15, 0.2) is 16.6 Å². The van der Waals surface area contributed by atoms with Crippen molar-refractivity contribution >= 4 is 34.7 Å². The third-order valence-corrected chi connectivity index (χ3v) is 5.55. The highest BCUT2D eigenvalue weighted by Gasteiger charge is 2.14. The molecule has 4 rings (SSSR count). The zero-order valence-corrected chi connectivity index (χ0v) is 16.8. The Morgan fingerprint density at radius 2 is 1.82 bits per heavy atom. The number of rotatable bonds is 5. The fraction of sp³-hybridized carbons (Fsp3) is 0.100.